The summed E-state index contributed by atoms with van der Waals surface area (Å²) in [7, 11) is 0. The second-order valence-electron chi connectivity index (χ2n) is 5.43. The topological polar surface area (TPSA) is 57.8 Å². The summed E-state index contributed by atoms with van der Waals surface area (Å²) in [6.45, 7) is 0. The summed E-state index contributed by atoms with van der Waals surface area (Å²) in [5, 5.41) is 9.64. The lowest BCUT2D eigenvalue weighted by atomic mass is 9.68. The third kappa shape index (κ3) is 2.33. The molecule has 1 aromatic heterocycles. The van der Waals surface area contributed by atoms with E-state index in [1.54, 1.807) is 12.3 Å². The predicted octanol–water partition coefficient (Wildman–Crippen LogP) is 3.25. The molecule has 3 rings (SSSR count). The highest BCUT2D eigenvalue weighted by Gasteiger charge is 2.41. The minimum absolute atomic E-state index is 0.0765. The first-order valence-corrected chi connectivity index (χ1v) is 7.18. The van der Waals surface area contributed by atoms with Gasteiger partial charge in [-0.2, -0.15) is 5.10 Å². The van der Waals surface area contributed by atoms with Crippen molar-refractivity contribution >= 4 is 11.7 Å². The Kier molecular flexibility index (Phi) is 3.54. The largest absolute Gasteiger partial charge is 0.310 e. The zero-order chi connectivity index (χ0) is 13.8. The van der Waals surface area contributed by atoms with E-state index in [-0.39, 0.29) is 5.91 Å². The Morgan fingerprint density at radius 1 is 1.10 bits per heavy atom. The van der Waals surface area contributed by atoms with E-state index in [0.717, 1.165) is 31.2 Å². The number of rotatable bonds is 3. The number of carbonyl (C=O) groups excluding carboxylic acids is 1. The number of carbonyl (C=O) groups is 1. The molecule has 0 aliphatic heterocycles. The Balaban J connectivity index is 1.91. The van der Waals surface area contributed by atoms with Crippen LogP contribution in [0.15, 0.2) is 42.6 Å². The summed E-state index contributed by atoms with van der Waals surface area (Å²) in [6.07, 6.45) is 6.89. The number of benzene rings is 1. The number of H-pyrrole nitrogens is 1. The Morgan fingerprint density at radius 2 is 1.85 bits per heavy atom. The van der Waals surface area contributed by atoms with E-state index >= 15 is 0 Å². The van der Waals surface area contributed by atoms with Crippen molar-refractivity contribution in [3.05, 3.63) is 48.2 Å². The van der Waals surface area contributed by atoms with Crippen LogP contribution < -0.4 is 5.32 Å². The average molecular weight is 269 g/mol. The van der Waals surface area contributed by atoms with Crippen LogP contribution >= 0.6 is 0 Å². The first-order valence-electron chi connectivity index (χ1n) is 7.18. The molecule has 0 radical (unpaired) electrons. The van der Waals surface area contributed by atoms with Gasteiger partial charge in [0, 0.05) is 6.07 Å². The molecule has 2 aromatic rings. The van der Waals surface area contributed by atoms with Crippen LogP contribution in [-0.2, 0) is 10.2 Å². The second-order valence-corrected chi connectivity index (χ2v) is 5.43. The van der Waals surface area contributed by atoms with Gasteiger partial charge in [0.05, 0.1) is 11.6 Å². The number of nitrogens with one attached hydrogen (secondary N) is 2. The lowest BCUT2D eigenvalue weighted by Crippen LogP contribution is -2.42. The van der Waals surface area contributed by atoms with Gasteiger partial charge in [0.25, 0.3) is 0 Å². The van der Waals surface area contributed by atoms with Crippen molar-refractivity contribution in [1.82, 2.24) is 10.2 Å². The molecule has 4 heteroatoms. The van der Waals surface area contributed by atoms with Crippen molar-refractivity contribution in [1.29, 1.82) is 0 Å². The third-order valence-electron chi connectivity index (χ3n) is 4.22. The molecule has 1 aliphatic carbocycles. The molecular formula is C16H19N3O. The Hall–Kier alpha value is -2.10. The van der Waals surface area contributed by atoms with Crippen LogP contribution in [0.1, 0.15) is 37.7 Å². The molecule has 1 fully saturated rings. The molecule has 104 valence electrons. The number of aromatic nitrogens is 2. The number of nitrogens with zero attached hydrogens (tertiary/aromatic N) is 1. The Labute approximate surface area is 118 Å². The molecule has 20 heavy (non-hydrogen) atoms. The molecule has 0 spiro atoms. The lowest BCUT2D eigenvalue weighted by Gasteiger charge is -2.36. The normalized spacial score (nSPS) is 17.6. The van der Waals surface area contributed by atoms with Crippen LogP contribution in [0.25, 0.3) is 0 Å². The van der Waals surface area contributed by atoms with Gasteiger partial charge in [-0.05, 0) is 18.4 Å². The number of aromatic amines is 1. The van der Waals surface area contributed by atoms with Gasteiger partial charge in [-0.15, -0.1) is 0 Å². The average Bonchev–Trinajstić information content (AvgIpc) is 3.02. The molecular weight excluding hydrogens is 250 g/mol. The van der Waals surface area contributed by atoms with Gasteiger partial charge in [0.1, 0.15) is 5.82 Å². The number of hydrogen-bond donors (Lipinski definition) is 2. The van der Waals surface area contributed by atoms with Crippen LogP contribution in [0.2, 0.25) is 0 Å². The predicted molar refractivity (Wildman–Crippen MR) is 78.4 cm³/mol. The number of hydrogen-bond acceptors (Lipinski definition) is 2. The van der Waals surface area contributed by atoms with E-state index in [4.69, 9.17) is 0 Å². The van der Waals surface area contributed by atoms with E-state index in [2.05, 4.69) is 27.6 Å². The van der Waals surface area contributed by atoms with Gasteiger partial charge >= 0.3 is 0 Å². The van der Waals surface area contributed by atoms with E-state index in [0.29, 0.717) is 5.82 Å². The van der Waals surface area contributed by atoms with Gasteiger partial charge in [0.15, 0.2) is 0 Å². The first-order chi connectivity index (χ1) is 9.81. The highest BCUT2D eigenvalue weighted by molar-refractivity contribution is 5.98. The molecule has 0 unspecified atom stereocenters. The molecule has 1 aromatic carbocycles. The minimum atomic E-state index is -0.398. The molecule has 2 N–H and O–H groups in total. The standard InChI is InChI=1S/C16H19N3O/c20-15(18-14-9-12-17-19-14)16(10-5-2-6-11-16)13-7-3-1-4-8-13/h1,3-4,7-9,12H,2,5-6,10-11H2,(H2,17,18,19,20). The molecule has 1 heterocycles. The van der Waals surface area contributed by atoms with E-state index < -0.39 is 5.41 Å². The first kappa shape index (κ1) is 12.9. The van der Waals surface area contributed by atoms with Crippen LogP contribution in [0.5, 0.6) is 0 Å². The van der Waals surface area contributed by atoms with E-state index in [9.17, 15) is 4.79 Å². The maximum atomic E-state index is 12.8. The maximum Gasteiger partial charge on any atom is 0.236 e. The van der Waals surface area contributed by atoms with Crippen LogP contribution in [0.3, 0.4) is 0 Å². The number of amides is 1. The minimum Gasteiger partial charge on any atom is -0.310 e. The van der Waals surface area contributed by atoms with Crippen molar-refractivity contribution in [2.24, 2.45) is 0 Å². The molecule has 1 amide bonds. The fourth-order valence-electron chi connectivity index (χ4n) is 3.13. The SMILES string of the molecule is O=C(Nc1ccn[nH]1)C1(c2ccccc2)CCCCC1. The fraction of sp³-hybridized carbons (Fsp3) is 0.375. The third-order valence-corrected chi connectivity index (χ3v) is 4.22. The lowest BCUT2D eigenvalue weighted by molar-refractivity contribution is -0.122. The van der Waals surface area contributed by atoms with Crippen LogP contribution in [0.4, 0.5) is 5.82 Å². The second kappa shape index (κ2) is 5.49. The van der Waals surface area contributed by atoms with Gasteiger partial charge in [-0.1, -0.05) is 49.6 Å². The van der Waals surface area contributed by atoms with E-state index in [1.807, 2.05) is 18.2 Å². The quantitative estimate of drug-likeness (QED) is 0.898. The zero-order valence-electron chi connectivity index (χ0n) is 11.4. The Bertz CT molecular complexity index is 557. The summed E-state index contributed by atoms with van der Waals surface area (Å²) in [5.74, 6) is 0.739. The molecule has 4 nitrogen and oxygen atoms in total. The van der Waals surface area contributed by atoms with Crippen LogP contribution in [0, 0.1) is 0 Å². The zero-order valence-corrected chi connectivity index (χ0v) is 11.4. The van der Waals surface area contributed by atoms with Crippen molar-refractivity contribution in [2.45, 2.75) is 37.5 Å². The summed E-state index contributed by atoms with van der Waals surface area (Å²) in [4.78, 5) is 12.8. The highest BCUT2D eigenvalue weighted by atomic mass is 16.2. The van der Waals surface area contributed by atoms with Gasteiger partial charge < -0.3 is 5.32 Å². The van der Waals surface area contributed by atoms with Crippen molar-refractivity contribution < 1.29 is 4.79 Å². The Morgan fingerprint density at radius 3 is 2.50 bits per heavy atom. The van der Waals surface area contributed by atoms with Gasteiger partial charge in [0.2, 0.25) is 5.91 Å². The highest BCUT2D eigenvalue weighted by Crippen LogP contribution is 2.40. The van der Waals surface area contributed by atoms with Crippen LogP contribution in [-0.4, -0.2) is 16.1 Å². The fourth-order valence-corrected chi connectivity index (χ4v) is 3.13. The van der Waals surface area contributed by atoms with Crippen molar-refractivity contribution in [3.8, 4) is 0 Å². The number of anilines is 1. The molecule has 0 atom stereocenters. The molecule has 0 saturated heterocycles. The van der Waals surface area contributed by atoms with Crippen molar-refractivity contribution in [2.75, 3.05) is 5.32 Å². The summed E-state index contributed by atoms with van der Waals surface area (Å²) >= 11 is 0. The smallest absolute Gasteiger partial charge is 0.236 e. The summed E-state index contributed by atoms with van der Waals surface area (Å²) < 4.78 is 0. The summed E-state index contributed by atoms with van der Waals surface area (Å²) in [5.41, 5.74) is 0.724. The van der Waals surface area contributed by atoms with E-state index in [1.165, 1.54) is 6.42 Å². The summed E-state index contributed by atoms with van der Waals surface area (Å²) in [6, 6.07) is 11.9. The monoisotopic (exact) mass is 269 g/mol. The van der Waals surface area contributed by atoms with Gasteiger partial charge in [-0.25, -0.2) is 0 Å². The molecule has 1 saturated carbocycles. The molecule has 1 aliphatic rings. The van der Waals surface area contributed by atoms with Gasteiger partial charge in [-0.3, -0.25) is 9.89 Å². The maximum absolute atomic E-state index is 12.8. The van der Waals surface area contributed by atoms with Crippen molar-refractivity contribution in [3.63, 3.8) is 0 Å². The molecule has 0 bridgehead atoms.